The Hall–Kier alpha value is -1.55. The largest absolute Gasteiger partial charge is 0.389 e. The predicted octanol–water partition coefficient (Wildman–Crippen LogP) is 3.69. The van der Waals surface area contributed by atoms with Gasteiger partial charge in [0.25, 0.3) is 0 Å². The number of carbonyl (C=O) groups is 1. The number of amides is 2. The van der Waals surface area contributed by atoms with Crippen molar-refractivity contribution >= 4 is 11.7 Å². The number of benzene rings is 1. The Morgan fingerprint density at radius 1 is 1.10 bits per heavy atom. The maximum atomic E-state index is 11.8. The van der Waals surface area contributed by atoms with Crippen molar-refractivity contribution in [3.05, 3.63) is 29.8 Å². The van der Waals surface area contributed by atoms with E-state index in [1.807, 2.05) is 19.1 Å². The number of rotatable bonds is 6. The number of hydrogen-bond acceptors (Lipinski definition) is 2. The summed E-state index contributed by atoms with van der Waals surface area (Å²) in [6.45, 7) is 8.08. The lowest BCUT2D eigenvalue weighted by molar-refractivity contribution is 0.199. The molecule has 0 saturated heterocycles. The van der Waals surface area contributed by atoms with Gasteiger partial charge in [-0.2, -0.15) is 0 Å². The normalized spacial score (nSPS) is 13.9. The molecule has 0 aliphatic heterocycles. The van der Waals surface area contributed by atoms with Crippen molar-refractivity contribution in [2.24, 2.45) is 5.92 Å². The molecule has 0 aromatic heterocycles. The maximum absolute atomic E-state index is 11.8. The van der Waals surface area contributed by atoms with E-state index in [1.165, 1.54) is 0 Å². The highest BCUT2D eigenvalue weighted by atomic mass is 16.3. The van der Waals surface area contributed by atoms with E-state index < -0.39 is 6.10 Å². The number of aliphatic hydroxyl groups excluding tert-OH is 1. The number of carbonyl (C=O) groups excluding carboxylic acids is 1. The Labute approximate surface area is 121 Å². The number of aliphatic hydroxyl groups is 1. The molecule has 0 saturated carbocycles. The van der Waals surface area contributed by atoms with E-state index >= 15 is 0 Å². The van der Waals surface area contributed by atoms with Gasteiger partial charge in [0.05, 0.1) is 6.10 Å². The van der Waals surface area contributed by atoms with Crippen LogP contribution in [0.15, 0.2) is 24.3 Å². The van der Waals surface area contributed by atoms with E-state index in [4.69, 9.17) is 0 Å². The summed E-state index contributed by atoms with van der Waals surface area (Å²) >= 11 is 0. The molecule has 3 N–H and O–H groups in total. The highest BCUT2D eigenvalue weighted by molar-refractivity contribution is 5.89. The number of urea groups is 1. The van der Waals surface area contributed by atoms with Gasteiger partial charge in [0.2, 0.25) is 0 Å². The minimum atomic E-state index is -0.492. The average Bonchev–Trinajstić information content (AvgIpc) is 2.36. The van der Waals surface area contributed by atoms with Crippen LogP contribution in [0.25, 0.3) is 0 Å². The Morgan fingerprint density at radius 2 is 1.70 bits per heavy atom. The van der Waals surface area contributed by atoms with Crippen LogP contribution in [0.2, 0.25) is 0 Å². The fourth-order valence-corrected chi connectivity index (χ4v) is 1.89. The lowest BCUT2D eigenvalue weighted by Gasteiger charge is -2.16. The van der Waals surface area contributed by atoms with E-state index in [1.54, 1.807) is 19.1 Å². The van der Waals surface area contributed by atoms with Gasteiger partial charge in [-0.1, -0.05) is 26.0 Å². The molecule has 2 unspecified atom stereocenters. The first-order valence-electron chi connectivity index (χ1n) is 7.24. The van der Waals surface area contributed by atoms with Crippen molar-refractivity contribution < 1.29 is 9.90 Å². The molecule has 0 aliphatic rings. The van der Waals surface area contributed by atoms with Gasteiger partial charge in [0.15, 0.2) is 0 Å². The molecule has 4 nitrogen and oxygen atoms in total. The van der Waals surface area contributed by atoms with Crippen LogP contribution in [0.1, 0.15) is 52.2 Å². The molecule has 20 heavy (non-hydrogen) atoms. The summed E-state index contributed by atoms with van der Waals surface area (Å²) in [5, 5.41) is 15.1. The van der Waals surface area contributed by atoms with Gasteiger partial charge < -0.3 is 15.7 Å². The van der Waals surface area contributed by atoms with E-state index in [2.05, 4.69) is 24.5 Å². The third kappa shape index (κ3) is 6.06. The number of anilines is 1. The molecular weight excluding hydrogens is 252 g/mol. The topological polar surface area (TPSA) is 61.4 Å². The third-order valence-corrected chi connectivity index (χ3v) is 3.21. The maximum Gasteiger partial charge on any atom is 0.319 e. The van der Waals surface area contributed by atoms with Gasteiger partial charge in [-0.3, -0.25) is 0 Å². The summed E-state index contributed by atoms with van der Waals surface area (Å²) in [6.07, 6.45) is 1.59. The molecule has 1 aromatic rings. The first kappa shape index (κ1) is 16.5. The molecule has 0 heterocycles. The fourth-order valence-electron chi connectivity index (χ4n) is 1.89. The van der Waals surface area contributed by atoms with Gasteiger partial charge in [0, 0.05) is 11.7 Å². The van der Waals surface area contributed by atoms with Crippen LogP contribution in [-0.4, -0.2) is 17.2 Å². The smallest absolute Gasteiger partial charge is 0.319 e. The molecule has 0 aliphatic carbocycles. The van der Waals surface area contributed by atoms with Gasteiger partial charge in [-0.25, -0.2) is 4.79 Å². The van der Waals surface area contributed by atoms with E-state index in [9.17, 15) is 9.90 Å². The van der Waals surface area contributed by atoms with Crippen LogP contribution < -0.4 is 10.6 Å². The summed E-state index contributed by atoms with van der Waals surface area (Å²) < 4.78 is 0. The monoisotopic (exact) mass is 278 g/mol. The fraction of sp³-hybridized carbons (Fsp3) is 0.562. The summed E-state index contributed by atoms with van der Waals surface area (Å²) in [5.41, 5.74) is 1.56. The number of nitrogens with one attached hydrogen (secondary N) is 2. The van der Waals surface area contributed by atoms with E-state index in [0.717, 1.165) is 24.1 Å². The second kappa shape index (κ2) is 7.90. The van der Waals surface area contributed by atoms with E-state index in [0.29, 0.717) is 5.92 Å². The second-order valence-corrected chi connectivity index (χ2v) is 5.77. The first-order valence-corrected chi connectivity index (χ1v) is 7.24. The highest BCUT2D eigenvalue weighted by Crippen LogP contribution is 2.15. The predicted molar refractivity (Wildman–Crippen MR) is 82.8 cm³/mol. The SMILES string of the molecule is CC(C)CCC(C)NC(=O)Nc1ccc(C(C)O)cc1. The van der Waals surface area contributed by atoms with Crippen molar-refractivity contribution in [3.8, 4) is 0 Å². The van der Waals surface area contributed by atoms with Crippen LogP contribution in [0.3, 0.4) is 0 Å². The lowest BCUT2D eigenvalue weighted by Crippen LogP contribution is -2.36. The van der Waals surface area contributed by atoms with Crippen LogP contribution in [-0.2, 0) is 0 Å². The van der Waals surface area contributed by atoms with Crippen molar-refractivity contribution in [1.29, 1.82) is 0 Å². The molecule has 2 amide bonds. The van der Waals surface area contributed by atoms with Crippen molar-refractivity contribution in [3.63, 3.8) is 0 Å². The van der Waals surface area contributed by atoms with Gasteiger partial charge in [-0.05, 0) is 50.3 Å². The van der Waals surface area contributed by atoms with Crippen LogP contribution in [0.4, 0.5) is 10.5 Å². The zero-order valence-corrected chi connectivity index (χ0v) is 12.8. The minimum absolute atomic E-state index is 0.161. The van der Waals surface area contributed by atoms with Crippen molar-refractivity contribution in [1.82, 2.24) is 5.32 Å². The van der Waals surface area contributed by atoms with Crippen molar-refractivity contribution in [2.75, 3.05) is 5.32 Å². The molecule has 1 aromatic carbocycles. The summed E-state index contributed by atoms with van der Waals surface area (Å²) in [7, 11) is 0. The number of hydrogen-bond donors (Lipinski definition) is 3. The Bertz CT molecular complexity index is 413. The molecule has 112 valence electrons. The zero-order valence-electron chi connectivity index (χ0n) is 12.8. The highest BCUT2D eigenvalue weighted by Gasteiger charge is 2.08. The molecule has 0 fully saturated rings. The van der Waals surface area contributed by atoms with Crippen LogP contribution >= 0.6 is 0 Å². The van der Waals surface area contributed by atoms with Crippen molar-refractivity contribution in [2.45, 2.75) is 52.7 Å². The molecule has 2 atom stereocenters. The Kier molecular flexibility index (Phi) is 6.52. The summed E-state index contributed by atoms with van der Waals surface area (Å²) in [6, 6.07) is 7.17. The zero-order chi connectivity index (χ0) is 15.1. The van der Waals surface area contributed by atoms with Gasteiger partial charge in [-0.15, -0.1) is 0 Å². The van der Waals surface area contributed by atoms with E-state index in [-0.39, 0.29) is 12.1 Å². The Morgan fingerprint density at radius 3 is 2.20 bits per heavy atom. The van der Waals surface area contributed by atoms with Gasteiger partial charge >= 0.3 is 6.03 Å². The molecule has 1 rings (SSSR count). The first-order chi connectivity index (χ1) is 9.38. The molecule has 0 radical (unpaired) electrons. The lowest BCUT2D eigenvalue weighted by atomic mass is 10.0. The van der Waals surface area contributed by atoms with Crippen LogP contribution in [0, 0.1) is 5.92 Å². The van der Waals surface area contributed by atoms with Gasteiger partial charge in [0.1, 0.15) is 0 Å². The Balaban J connectivity index is 2.41. The minimum Gasteiger partial charge on any atom is -0.389 e. The molecular formula is C16H26N2O2. The summed E-state index contributed by atoms with van der Waals surface area (Å²) in [4.78, 5) is 11.8. The van der Waals surface area contributed by atoms with Crippen LogP contribution in [0.5, 0.6) is 0 Å². The molecule has 4 heteroatoms. The standard InChI is InChI=1S/C16H26N2O2/c1-11(2)5-6-12(3)17-16(20)18-15-9-7-14(8-10-15)13(4)19/h7-13,19H,5-6H2,1-4H3,(H2,17,18,20). The average molecular weight is 278 g/mol. The molecule has 0 spiro atoms. The third-order valence-electron chi connectivity index (χ3n) is 3.21. The molecule has 0 bridgehead atoms. The second-order valence-electron chi connectivity index (χ2n) is 5.77. The summed E-state index contributed by atoms with van der Waals surface area (Å²) in [5.74, 6) is 0.648. The quantitative estimate of drug-likeness (QED) is 0.743.